The summed E-state index contributed by atoms with van der Waals surface area (Å²) < 4.78 is 0. The van der Waals surface area contributed by atoms with Gasteiger partial charge in [-0.25, -0.2) is 0 Å². The molecular formula is C9H12ClN3. The van der Waals surface area contributed by atoms with Crippen LogP contribution >= 0.6 is 11.6 Å². The minimum absolute atomic E-state index is 0.455. The number of rotatable bonds is 1. The first kappa shape index (κ1) is 8.75. The quantitative estimate of drug-likeness (QED) is 0.690. The average Bonchev–Trinajstić information content (AvgIpc) is 2.53. The summed E-state index contributed by atoms with van der Waals surface area (Å²) in [6, 6.07) is 3.71. The van der Waals surface area contributed by atoms with Crippen molar-refractivity contribution in [1.29, 1.82) is 0 Å². The molecule has 4 heteroatoms. The summed E-state index contributed by atoms with van der Waals surface area (Å²) in [6.45, 7) is 4.41. The van der Waals surface area contributed by atoms with Gasteiger partial charge in [-0.2, -0.15) is 0 Å². The number of hydrogen-bond donors (Lipinski definition) is 0. The van der Waals surface area contributed by atoms with Crippen molar-refractivity contribution in [2.45, 2.75) is 13.3 Å². The fourth-order valence-electron chi connectivity index (χ4n) is 1.62. The predicted molar refractivity (Wildman–Crippen MR) is 53.0 cm³/mol. The lowest BCUT2D eigenvalue weighted by Crippen LogP contribution is -2.20. The highest BCUT2D eigenvalue weighted by molar-refractivity contribution is 6.29. The Labute approximate surface area is 82.7 Å². The van der Waals surface area contributed by atoms with Crippen molar-refractivity contribution in [3.63, 3.8) is 0 Å². The van der Waals surface area contributed by atoms with Gasteiger partial charge in [0.2, 0.25) is 0 Å². The van der Waals surface area contributed by atoms with Gasteiger partial charge in [-0.1, -0.05) is 18.5 Å². The Morgan fingerprint density at radius 1 is 1.46 bits per heavy atom. The number of nitrogens with zero attached hydrogens (tertiary/aromatic N) is 3. The lowest BCUT2D eigenvalue weighted by molar-refractivity contribution is 0.658. The van der Waals surface area contributed by atoms with Gasteiger partial charge in [-0.15, -0.1) is 10.2 Å². The van der Waals surface area contributed by atoms with Gasteiger partial charge in [0, 0.05) is 13.1 Å². The Balaban J connectivity index is 2.13. The molecule has 1 aromatic rings. The highest BCUT2D eigenvalue weighted by atomic mass is 35.5. The maximum absolute atomic E-state index is 5.65. The molecule has 13 heavy (non-hydrogen) atoms. The van der Waals surface area contributed by atoms with Gasteiger partial charge in [0.25, 0.3) is 0 Å². The first-order valence-electron chi connectivity index (χ1n) is 4.50. The van der Waals surface area contributed by atoms with E-state index < -0.39 is 0 Å². The highest BCUT2D eigenvalue weighted by Crippen LogP contribution is 2.21. The second-order valence-corrected chi connectivity index (χ2v) is 3.94. The van der Waals surface area contributed by atoms with Crippen molar-refractivity contribution in [2.24, 2.45) is 5.92 Å². The highest BCUT2D eigenvalue weighted by Gasteiger charge is 2.19. The van der Waals surface area contributed by atoms with Gasteiger partial charge in [0.1, 0.15) is 0 Å². The Morgan fingerprint density at radius 2 is 2.31 bits per heavy atom. The zero-order valence-corrected chi connectivity index (χ0v) is 8.33. The number of halogens is 1. The normalized spacial score (nSPS) is 22.3. The van der Waals surface area contributed by atoms with Crippen molar-refractivity contribution >= 4 is 17.4 Å². The van der Waals surface area contributed by atoms with Crippen LogP contribution in [0.25, 0.3) is 0 Å². The van der Waals surface area contributed by atoms with Crippen LogP contribution in [0.5, 0.6) is 0 Å². The smallest absolute Gasteiger partial charge is 0.151 e. The topological polar surface area (TPSA) is 29.0 Å². The molecule has 1 aliphatic rings. The fraction of sp³-hybridized carbons (Fsp3) is 0.556. The van der Waals surface area contributed by atoms with Gasteiger partial charge >= 0.3 is 0 Å². The van der Waals surface area contributed by atoms with Crippen molar-refractivity contribution in [3.05, 3.63) is 17.3 Å². The second-order valence-electron chi connectivity index (χ2n) is 3.55. The van der Waals surface area contributed by atoms with Crippen molar-refractivity contribution in [1.82, 2.24) is 10.2 Å². The van der Waals surface area contributed by atoms with E-state index in [1.54, 1.807) is 6.07 Å². The minimum atomic E-state index is 0.455. The van der Waals surface area contributed by atoms with E-state index in [0.717, 1.165) is 24.8 Å². The van der Waals surface area contributed by atoms with E-state index in [0.29, 0.717) is 5.15 Å². The largest absolute Gasteiger partial charge is 0.355 e. The maximum Gasteiger partial charge on any atom is 0.151 e. The van der Waals surface area contributed by atoms with E-state index in [2.05, 4.69) is 22.0 Å². The number of anilines is 1. The third-order valence-corrected chi connectivity index (χ3v) is 2.57. The van der Waals surface area contributed by atoms with Crippen LogP contribution in [0.15, 0.2) is 12.1 Å². The van der Waals surface area contributed by atoms with Crippen LogP contribution in [0.3, 0.4) is 0 Å². The van der Waals surface area contributed by atoms with Gasteiger partial charge in [0.15, 0.2) is 11.0 Å². The summed E-state index contributed by atoms with van der Waals surface area (Å²) in [5.41, 5.74) is 0. The van der Waals surface area contributed by atoms with E-state index in [9.17, 15) is 0 Å². The summed E-state index contributed by atoms with van der Waals surface area (Å²) >= 11 is 5.65. The molecular weight excluding hydrogens is 186 g/mol. The zero-order valence-electron chi connectivity index (χ0n) is 7.57. The summed E-state index contributed by atoms with van der Waals surface area (Å²) in [5, 5.41) is 8.32. The lowest BCUT2D eigenvalue weighted by atomic mass is 10.2. The molecule has 2 heterocycles. The number of aromatic nitrogens is 2. The standard InChI is InChI=1S/C9H12ClN3/c1-7-4-5-13(6-7)9-3-2-8(10)11-12-9/h2-3,7H,4-6H2,1H3. The summed E-state index contributed by atoms with van der Waals surface area (Å²) in [4.78, 5) is 2.24. The van der Waals surface area contributed by atoms with Gasteiger partial charge in [-0.05, 0) is 24.5 Å². The molecule has 0 radical (unpaired) electrons. The van der Waals surface area contributed by atoms with Crippen molar-refractivity contribution in [3.8, 4) is 0 Å². The Kier molecular flexibility index (Phi) is 2.36. The Hall–Kier alpha value is -0.830. The molecule has 0 bridgehead atoms. The Morgan fingerprint density at radius 3 is 2.85 bits per heavy atom. The van der Waals surface area contributed by atoms with E-state index in [1.165, 1.54) is 6.42 Å². The molecule has 0 saturated carbocycles. The van der Waals surface area contributed by atoms with Crippen LogP contribution in [-0.2, 0) is 0 Å². The first-order valence-corrected chi connectivity index (χ1v) is 4.87. The molecule has 0 aromatic carbocycles. The van der Waals surface area contributed by atoms with Gasteiger partial charge in [0.05, 0.1) is 0 Å². The third-order valence-electron chi connectivity index (χ3n) is 2.37. The molecule has 0 amide bonds. The molecule has 3 nitrogen and oxygen atoms in total. The van der Waals surface area contributed by atoms with Crippen LogP contribution in [0, 0.1) is 5.92 Å². The van der Waals surface area contributed by atoms with Crippen LogP contribution in [0.1, 0.15) is 13.3 Å². The summed E-state index contributed by atoms with van der Waals surface area (Å²) in [7, 11) is 0. The summed E-state index contributed by atoms with van der Waals surface area (Å²) in [6.07, 6.45) is 1.24. The average molecular weight is 198 g/mol. The molecule has 1 unspecified atom stereocenters. The lowest BCUT2D eigenvalue weighted by Gasteiger charge is -2.15. The van der Waals surface area contributed by atoms with E-state index in [1.807, 2.05) is 6.07 Å². The molecule has 0 spiro atoms. The van der Waals surface area contributed by atoms with Crippen LogP contribution < -0.4 is 4.90 Å². The molecule has 1 atom stereocenters. The van der Waals surface area contributed by atoms with Crippen molar-refractivity contribution in [2.75, 3.05) is 18.0 Å². The van der Waals surface area contributed by atoms with Crippen LogP contribution in [-0.4, -0.2) is 23.3 Å². The van der Waals surface area contributed by atoms with Gasteiger partial charge in [-0.3, -0.25) is 0 Å². The molecule has 0 aliphatic carbocycles. The molecule has 1 aliphatic heterocycles. The SMILES string of the molecule is CC1CCN(c2ccc(Cl)nn2)C1. The van der Waals surface area contributed by atoms with Crippen molar-refractivity contribution < 1.29 is 0 Å². The fourth-order valence-corrected chi connectivity index (χ4v) is 1.72. The molecule has 1 aromatic heterocycles. The maximum atomic E-state index is 5.65. The van der Waals surface area contributed by atoms with Crippen LogP contribution in [0.2, 0.25) is 5.15 Å². The Bertz CT molecular complexity index is 285. The van der Waals surface area contributed by atoms with E-state index in [-0.39, 0.29) is 0 Å². The summed E-state index contributed by atoms with van der Waals surface area (Å²) in [5.74, 6) is 1.70. The second kappa shape index (κ2) is 3.50. The van der Waals surface area contributed by atoms with E-state index >= 15 is 0 Å². The third kappa shape index (κ3) is 1.91. The predicted octanol–water partition coefficient (Wildman–Crippen LogP) is 1.98. The minimum Gasteiger partial charge on any atom is -0.355 e. The monoisotopic (exact) mass is 197 g/mol. The zero-order chi connectivity index (χ0) is 9.26. The van der Waals surface area contributed by atoms with Crippen LogP contribution in [0.4, 0.5) is 5.82 Å². The molecule has 0 N–H and O–H groups in total. The molecule has 1 fully saturated rings. The van der Waals surface area contributed by atoms with E-state index in [4.69, 9.17) is 11.6 Å². The first-order chi connectivity index (χ1) is 6.25. The molecule has 2 rings (SSSR count). The number of hydrogen-bond acceptors (Lipinski definition) is 3. The molecule has 1 saturated heterocycles. The van der Waals surface area contributed by atoms with Gasteiger partial charge < -0.3 is 4.90 Å². The molecule has 70 valence electrons.